The number of hydrogen-bond acceptors (Lipinski definition) is 6. The van der Waals surface area contributed by atoms with Crippen molar-refractivity contribution in [3.05, 3.63) is 44.5 Å². The van der Waals surface area contributed by atoms with Crippen LogP contribution in [0.3, 0.4) is 0 Å². The molecule has 1 atom stereocenters. The molecule has 1 aromatic heterocycles. The number of benzene rings is 1. The van der Waals surface area contributed by atoms with E-state index in [0.717, 1.165) is 20.4 Å². The number of carbonyl (C=O) groups excluding carboxylic acids is 1. The Balaban J connectivity index is 1.90. The Kier molecular flexibility index (Phi) is 6.75. The number of pyridine rings is 1. The number of rotatable bonds is 8. The summed E-state index contributed by atoms with van der Waals surface area (Å²) in [5.41, 5.74) is 3.30. The second-order valence-corrected chi connectivity index (χ2v) is 7.72. The summed E-state index contributed by atoms with van der Waals surface area (Å²) in [6.07, 6.45) is -1.12. The SMILES string of the molecule is COCC(CNc1nc(Nc2cccc(C)c2)c2c(c1I)CNC2=O)NC(=O)O. The first-order valence-corrected chi connectivity index (χ1v) is 10.0. The predicted molar refractivity (Wildman–Crippen MR) is 118 cm³/mol. The number of halogens is 1. The van der Waals surface area contributed by atoms with Crippen molar-refractivity contribution in [2.45, 2.75) is 19.5 Å². The zero-order valence-corrected chi connectivity index (χ0v) is 18.2. The summed E-state index contributed by atoms with van der Waals surface area (Å²) < 4.78 is 5.89. The highest BCUT2D eigenvalue weighted by Crippen LogP contribution is 2.33. The fraction of sp³-hybridized carbons (Fsp3) is 0.316. The van der Waals surface area contributed by atoms with Crippen LogP contribution < -0.4 is 21.3 Å². The molecule has 0 spiro atoms. The maximum atomic E-state index is 12.4. The third kappa shape index (κ3) is 5.07. The molecule has 0 fully saturated rings. The summed E-state index contributed by atoms with van der Waals surface area (Å²) in [5, 5.41) is 20.6. The maximum Gasteiger partial charge on any atom is 0.405 e. The molecule has 2 amide bonds. The number of methoxy groups -OCH3 is 1. The largest absolute Gasteiger partial charge is 0.465 e. The van der Waals surface area contributed by atoms with Gasteiger partial charge in [0.1, 0.15) is 11.6 Å². The number of hydrogen-bond donors (Lipinski definition) is 5. The van der Waals surface area contributed by atoms with Crippen LogP contribution in [0.15, 0.2) is 24.3 Å². The zero-order chi connectivity index (χ0) is 21.0. The molecule has 0 saturated carbocycles. The molecular weight excluding hydrogens is 489 g/mol. The van der Waals surface area contributed by atoms with Gasteiger partial charge in [-0.25, -0.2) is 9.78 Å². The molecule has 5 N–H and O–H groups in total. The molecule has 3 rings (SSSR count). The first-order chi connectivity index (χ1) is 13.9. The summed E-state index contributed by atoms with van der Waals surface area (Å²) in [7, 11) is 1.51. The van der Waals surface area contributed by atoms with Gasteiger partial charge in [0, 0.05) is 31.5 Å². The van der Waals surface area contributed by atoms with Crippen molar-refractivity contribution >= 4 is 51.9 Å². The number of ether oxygens (including phenoxy) is 1. The fourth-order valence-corrected chi connectivity index (χ4v) is 3.87. The second-order valence-electron chi connectivity index (χ2n) is 6.64. The number of anilines is 3. The quantitative estimate of drug-likeness (QED) is 0.345. The van der Waals surface area contributed by atoms with Gasteiger partial charge in [0.15, 0.2) is 0 Å². The van der Waals surface area contributed by atoms with Crippen LogP contribution in [-0.2, 0) is 11.3 Å². The topological polar surface area (TPSA) is 125 Å². The molecule has 2 aromatic rings. The first kappa shape index (κ1) is 21.1. The van der Waals surface area contributed by atoms with E-state index in [2.05, 4.69) is 48.8 Å². The minimum absolute atomic E-state index is 0.170. The van der Waals surface area contributed by atoms with Crippen molar-refractivity contribution in [1.29, 1.82) is 0 Å². The zero-order valence-electron chi connectivity index (χ0n) is 16.0. The summed E-state index contributed by atoms with van der Waals surface area (Å²) in [6.45, 7) is 2.91. The van der Waals surface area contributed by atoms with Crippen LogP contribution in [0.2, 0.25) is 0 Å². The molecule has 10 heteroatoms. The summed E-state index contributed by atoms with van der Waals surface area (Å²) in [5.74, 6) is 0.860. The average molecular weight is 511 g/mol. The molecule has 1 aliphatic heterocycles. The van der Waals surface area contributed by atoms with Crippen molar-refractivity contribution in [3.8, 4) is 0 Å². The van der Waals surface area contributed by atoms with E-state index < -0.39 is 12.1 Å². The lowest BCUT2D eigenvalue weighted by atomic mass is 10.1. The van der Waals surface area contributed by atoms with E-state index in [9.17, 15) is 9.59 Å². The van der Waals surface area contributed by atoms with Crippen LogP contribution in [0.5, 0.6) is 0 Å². The summed E-state index contributed by atoms with van der Waals surface area (Å²) >= 11 is 2.15. The second kappa shape index (κ2) is 9.27. The predicted octanol–water partition coefficient (Wildman–Crippen LogP) is 2.68. The van der Waals surface area contributed by atoms with Crippen molar-refractivity contribution < 1.29 is 19.4 Å². The lowest BCUT2D eigenvalue weighted by Crippen LogP contribution is -2.42. The minimum atomic E-state index is -1.12. The van der Waals surface area contributed by atoms with Crippen LogP contribution in [-0.4, -0.2) is 48.4 Å². The van der Waals surface area contributed by atoms with Gasteiger partial charge in [0.2, 0.25) is 0 Å². The highest BCUT2D eigenvalue weighted by molar-refractivity contribution is 14.1. The van der Waals surface area contributed by atoms with Gasteiger partial charge >= 0.3 is 6.09 Å². The smallest absolute Gasteiger partial charge is 0.405 e. The van der Waals surface area contributed by atoms with Crippen LogP contribution in [0.4, 0.5) is 22.1 Å². The van der Waals surface area contributed by atoms with E-state index in [1.54, 1.807) is 0 Å². The van der Waals surface area contributed by atoms with E-state index in [1.165, 1.54) is 7.11 Å². The van der Waals surface area contributed by atoms with Crippen molar-refractivity contribution in [2.24, 2.45) is 0 Å². The van der Waals surface area contributed by atoms with Gasteiger partial charge in [0.05, 0.1) is 21.8 Å². The number of carbonyl (C=O) groups is 2. The Morgan fingerprint density at radius 1 is 1.41 bits per heavy atom. The lowest BCUT2D eigenvalue weighted by molar-refractivity contribution is 0.0966. The van der Waals surface area contributed by atoms with E-state index in [-0.39, 0.29) is 19.1 Å². The third-order valence-corrected chi connectivity index (χ3v) is 5.54. The third-order valence-electron chi connectivity index (χ3n) is 4.38. The van der Waals surface area contributed by atoms with Crippen LogP contribution in [0, 0.1) is 10.5 Å². The fourth-order valence-electron chi connectivity index (χ4n) is 3.09. The number of amides is 2. The van der Waals surface area contributed by atoms with Crippen molar-refractivity contribution in [1.82, 2.24) is 15.6 Å². The van der Waals surface area contributed by atoms with Gasteiger partial charge in [-0.2, -0.15) is 0 Å². The molecule has 29 heavy (non-hydrogen) atoms. The van der Waals surface area contributed by atoms with Gasteiger partial charge in [-0.15, -0.1) is 0 Å². The number of fused-ring (bicyclic) bond motifs is 1. The Hall–Kier alpha value is -2.60. The number of aromatic nitrogens is 1. The molecule has 1 unspecified atom stereocenters. The highest BCUT2D eigenvalue weighted by atomic mass is 127. The molecule has 0 aliphatic carbocycles. The standard InChI is InChI=1S/C19H22IN5O4/c1-10-4-3-5-11(6-10)23-16-14-13(8-22-18(14)26)15(20)17(25-16)21-7-12(9-29-2)24-19(27)28/h3-6,12,24H,7-9H2,1-2H3,(H,22,26)(H,27,28)(H2,21,23,25). The maximum absolute atomic E-state index is 12.4. The van der Waals surface area contributed by atoms with Gasteiger partial charge in [0.25, 0.3) is 5.91 Å². The Morgan fingerprint density at radius 3 is 2.90 bits per heavy atom. The Bertz CT molecular complexity index is 937. The molecule has 1 aliphatic rings. The Morgan fingerprint density at radius 2 is 2.21 bits per heavy atom. The van der Waals surface area contributed by atoms with E-state index in [1.807, 2.05) is 31.2 Å². The van der Waals surface area contributed by atoms with Gasteiger partial charge in [-0.05, 0) is 47.2 Å². The Labute approximate surface area is 181 Å². The lowest BCUT2D eigenvalue weighted by Gasteiger charge is -2.19. The minimum Gasteiger partial charge on any atom is -0.465 e. The molecule has 0 saturated heterocycles. The van der Waals surface area contributed by atoms with Gasteiger partial charge in [-0.1, -0.05) is 12.1 Å². The molecule has 154 valence electrons. The van der Waals surface area contributed by atoms with E-state index >= 15 is 0 Å². The number of nitrogens with zero attached hydrogens (tertiary/aromatic N) is 1. The molecular formula is C19H22IN5O4. The van der Waals surface area contributed by atoms with Gasteiger partial charge in [-0.3, -0.25) is 4.79 Å². The molecule has 0 bridgehead atoms. The average Bonchev–Trinajstić information content (AvgIpc) is 3.05. The molecule has 2 heterocycles. The monoisotopic (exact) mass is 511 g/mol. The molecule has 9 nitrogen and oxygen atoms in total. The van der Waals surface area contributed by atoms with E-state index in [0.29, 0.717) is 23.7 Å². The molecule has 0 radical (unpaired) electrons. The van der Waals surface area contributed by atoms with Crippen molar-refractivity contribution in [2.75, 3.05) is 30.9 Å². The summed E-state index contributed by atoms with van der Waals surface area (Å²) in [4.78, 5) is 28.0. The summed E-state index contributed by atoms with van der Waals surface area (Å²) in [6, 6.07) is 7.34. The van der Waals surface area contributed by atoms with Crippen LogP contribution in [0.1, 0.15) is 21.5 Å². The van der Waals surface area contributed by atoms with Crippen molar-refractivity contribution in [3.63, 3.8) is 0 Å². The van der Waals surface area contributed by atoms with E-state index in [4.69, 9.17) is 9.84 Å². The first-order valence-electron chi connectivity index (χ1n) is 8.95. The van der Waals surface area contributed by atoms with Crippen LogP contribution in [0.25, 0.3) is 0 Å². The normalized spacial score (nSPS) is 13.4. The van der Waals surface area contributed by atoms with Crippen LogP contribution >= 0.6 is 22.6 Å². The number of nitrogens with one attached hydrogen (secondary N) is 4. The number of carboxylic acid groups (broad SMARTS) is 1. The highest BCUT2D eigenvalue weighted by Gasteiger charge is 2.28. The number of aryl methyl sites for hydroxylation is 1. The van der Waals surface area contributed by atoms with Gasteiger partial charge < -0.3 is 31.1 Å². The molecule has 1 aromatic carbocycles.